The van der Waals surface area contributed by atoms with Gasteiger partial charge >= 0.3 is 0 Å². The van der Waals surface area contributed by atoms with Gasteiger partial charge in [-0.1, -0.05) is 18.2 Å². The molecule has 0 bridgehead atoms. The van der Waals surface area contributed by atoms with Crippen LogP contribution in [0.5, 0.6) is 5.75 Å². The fourth-order valence-electron chi connectivity index (χ4n) is 1.67. The molecule has 0 spiro atoms. The first-order valence-corrected chi connectivity index (χ1v) is 7.07. The molecule has 0 fully saturated rings. The van der Waals surface area contributed by atoms with Crippen molar-refractivity contribution in [3.05, 3.63) is 57.7 Å². The lowest BCUT2D eigenvalue weighted by molar-refractivity contribution is 0.102. The number of carbonyl (C=O) groups excluding carboxylic acids is 1. The molecular weight excluding hydrogens is 353 g/mol. The Morgan fingerprint density at radius 3 is 2.74 bits per heavy atom. The molecule has 0 aromatic heterocycles. The molecule has 0 atom stereocenters. The number of carbonyl (C=O) groups is 1. The van der Waals surface area contributed by atoms with Crippen molar-refractivity contribution in [3.63, 3.8) is 0 Å². The Hall–Kier alpha value is -1.56. The smallest absolute Gasteiger partial charge is 0.256 e. The monoisotopic (exact) mass is 367 g/mol. The average molecular weight is 367 g/mol. The van der Waals surface area contributed by atoms with Gasteiger partial charge in [0.25, 0.3) is 5.91 Å². The minimum atomic E-state index is -0.112. The van der Waals surface area contributed by atoms with Crippen molar-refractivity contribution in [1.29, 1.82) is 0 Å². The van der Waals surface area contributed by atoms with Crippen LogP contribution in [0.2, 0.25) is 0 Å². The van der Waals surface area contributed by atoms with Crippen molar-refractivity contribution >= 4 is 34.2 Å². The molecule has 4 heteroatoms. The fourth-order valence-corrected chi connectivity index (χ4v) is 2.31. The quantitative estimate of drug-likeness (QED) is 0.832. The molecule has 0 radical (unpaired) electrons. The summed E-state index contributed by atoms with van der Waals surface area (Å²) in [4.78, 5) is 12.1. The predicted molar refractivity (Wildman–Crippen MR) is 84.7 cm³/mol. The molecule has 0 unspecified atom stereocenters. The van der Waals surface area contributed by atoms with E-state index in [-0.39, 0.29) is 5.91 Å². The zero-order valence-corrected chi connectivity index (χ0v) is 12.7. The van der Waals surface area contributed by atoms with Crippen molar-refractivity contribution in [3.8, 4) is 5.75 Å². The van der Waals surface area contributed by atoms with Gasteiger partial charge in [-0.05, 0) is 53.8 Å². The van der Waals surface area contributed by atoms with Crippen LogP contribution in [0.3, 0.4) is 0 Å². The van der Waals surface area contributed by atoms with Gasteiger partial charge in [0.1, 0.15) is 5.75 Å². The first-order chi connectivity index (χ1) is 9.20. The van der Waals surface area contributed by atoms with E-state index < -0.39 is 0 Å². The number of benzene rings is 2. The number of nitrogens with one attached hydrogen (secondary N) is 1. The summed E-state index contributed by atoms with van der Waals surface area (Å²) in [6.07, 6.45) is 0. The van der Waals surface area contributed by atoms with Gasteiger partial charge in [0, 0.05) is 15.3 Å². The minimum absolute atomic E-state index is 0.112. The minimum Gasteiger partial charge on any atom is -0.494 e. The molecule has 19 heavy (non-hydrogen) atoms. The molecular formula is C15H14INO2. The number of amides is 1. The molecule has 0 aliphatic rings. The molecule has 3 nitrogen and oxygen atoms in total. The Morgan fingerprint density at radius 2 is 2.00 bits per heavy atom. The van der Waals surface area contributed by atoms with E-state index in [0.717, 1.165) is 15.0 Å². The van der Waals surface area contributed by atoms with Gasteiger partial charge in [-0.2, -0.15) is 0 Å². The van der Waals surface area contributed by atoms with E-state index in [1.807, 2.05) is 55.5 Å². The molecule has 2 rings (SSSR count). The number of hydrogen-bond acceptors (Lipinski definition) is 2. The van der Waals surface area contributed by atoms with Crippen molar-refractivity contribution < 1.29 is 9.53 Å². The zero-order chi connectivity index (χ0) is 13.7. The maximum Gasteiger partial charge on any atom is 0.256 e. The highest BCUT2D eigenvalue weighted by Crippen LogP contribution is 2.19. The van der Waals surface area contributed by atoms with E-state index in [9.17, 15) is 4.79 Å². The third kappa shape index (κ3) is 3.70. The SMILES string of the molecule is CCOc1cccc(NC(=O)c2ccccc2I)c1. The van der Waals surface area contributed by atoms with Crippen LogP contribution >= 0.6 is 22.6 Å². The second kappa shape index (κ2) is 6.56. The topological polar surface area (TPSA) is 38.3 Å². The van der Waals surface area contributed by atoms with Crippen LogP contribution in [-0.4, -0.2) is 12.5 Å². The molecule has 0 saturated carbocycles. The lowest BCUT2D eigenvalue weighted by Gasteiger charge is -2.08. The molecule has 0 aliphatic carbocycles. The van der Waals surface area contributed by atoms with E-state index in [1.165, 1.54) is 0 Å². The van der Waals surface area contributed by atoms with Gasteiger partial charge in [0.05, 0.1) is 12.2 Å². The van der Waals surface area contributed by atoms with Crippen LogP contribution in [0.25, 0.3) is 0 Å². The summed E-state index contributed by atoms with van der Waals surface area (Å²) in [6, 6.07) is 14.9. The van der Waals surface area contributed by atoms with E-state index >= 15 is 0 Å². The Kier molecular flexibility index (Phi) is 4.79. The highest BCUT2D eigenvalue weighted by atomic mass is 127. The maximum atomic E-state index is 12.1. The highest BCUT2D eigenvalue weighted by Gasteiger charge is 2.09. The van der Waals surface area contributed by atoms with E-state index in [4.69, 9.17) is 4.74 Å². The average Bonchev–Trinajstić information content (AvgIpc) is 2.40. The van der Waals surface area contributed by atoms with Crippen molar-refractivity contribution in [2.24, 2.45) is 0 Å². The molecule has 0 heterocycles. The van der Waals surface area contributed by atoms with Crippen molar-refractivity contribution in [1.82, 2.24) is 0 Å². The first kappa shape index (κ1) is 13.9. The normalized spacial score (nSPS) is 10.0. The second-order valence-electron chi connectivity index (χ2n) is 3.89. The Labute approximate surface area is 126 Å². The Bertz CT molecular complexity index is 584. The summed E-state index contributed by atoms with van der Waals surface area (Å²) in [5, 5.41) is 2.87. The third-order valence-corrected chi connectivity index (χ3v) is 3.46. The summed E-state index contributed by atoms with van der Waals surface area (Å²) in [7, 11) is 0. The van der Waals surface area contributed by atoms with Crippen LogP contribution in [0.1, 0.15) is 17.3 Å². The summed E-state index contributed by atoms with van der Waals surface area (Å²) in [5.74, 6) is 0.640. The van der Waals surface area contributed by atoms with Gasteiger partial charge in [-0.25, -0.2) is 0 Å². The summed E-state index contributed by atoms with van der Waals surface area (Å²) >= 11 is 2.15. The standard InChI is InChI=1S/C15H14INO2/c1-2-19-12-7-5-6-11(10-12)17-15(18)13-8-3-4-9-14(13)16/h3-10H,2H2,1H3,(H,17,18). The molecule has 1 amide bonds. The first-order valence-electron chi connectivity index (χ1n) is 5.99. The second-order valence-corrected chi connectivity index (χ2v) is 5.06. The van der Waals surface area contributed by atoms with E-state index in [1.54, 1.807) is 0 Å². The van der Waals surface area contributed by atoms with Crippen molar-refractivity contribution in [2.45, 2.75) is 6.92 Å². The lowest BCUT2D eigenvalue weighted by Crippen LogP contribution is -2.13. The van der Waals surface area contributed by atoms with Gasteiger partial charge in [-0.3, -0.25) is 4.79 Å². The van der Waals surface area contributed by atoms with E-state index in [2.05, 4.69) is 27.9 Å². The van der Waals surface area contributed by atoms with Gasteiger partial charge in [0.15, 0.2) is 0 Å². The predicted octanol–water partition coefficient (Wildman–Crippen LogP) is 3.94. The van der Waals surface area contributed by atoms with Crippen LogP contribution in [-0.2, 0) is 0 Å². The van der Waals surface area contributed by atoms with Gasteiger partial charge in [0.2, 0.25) is 0 Å². The molecule has 0 aliphatic heterocycles. The van der Waals surface area contributed by atoms with Crippen LogP contribution in [0.15, 0.2) is 48.5 Å². The molecule has 1 N–H and O–H groups in total. The lowest BCUT2D eigenvalue weighted by atomic mass is 10.2. The van der Waals surface area contributed by atoms with Gasteiger partial charge in [-0.15, -0.1) is 0 Å². The van der Waals surface area contributed by atoms with Crippen molar-refractivity contribution in [2.75, 3.05) is 11.9 Å². The zero-order valence-electron chi connectivity index (χ0n) is 10.5. The maximum absolute atomic E-state index is 12.1. The van der Waals surface area contributed by atoms with Crippen LogP contribution in [0, 0.1) is 3.57 Å². The molecule has 0 saturated heterocycles. The van der Waals surface area contributed by atoms with Crippen LogP contribution in [0.4, 0.5) is 5.69 Å². The van der Waals surface area contributed by atoms with E-state index in [0.29, 0.717) is 12.2 Å². The third-order valence-electron chi connectivity index (χ3n) is 2.52. The largest absolute Gasteiger partial charge is 0.494 e. The molecule has 2 aromatic rings. The number of hydrogen-bond donors (Lipinski definition) is 1. The summed E-state index contributed by atoms with van der Waals surface area (Å²) in [5.41, 5.74) is 1.40. The summed E-state index contributed by atoms with van der Waals surface area (Å²) in [6.45, 7) is 2.53. The Morgan fingerprint density at radius 1 is 1.21 bits per heavy atom. The van der Waals surface area contributed by atoms with Crippen LogP contribution < -0.4 is 10.1 Å². The number of rotatable bonds is 4. The van der Waals surface area contributed by atoms with Gasteiger partial charge < -0.3 is 10.1 Å². The number of halogens is 1. The summed E-state index contributed by atoms with van der Waals surface area (Å²) < 4.78 is 6.33. The highest BCUT2D eigenvalue weighted by molar-refractivity contribution is 14.1. The number of ether oxygens (including phenoxy) is 1. The fraction of sp³-hybridized carbons (Fsp3) is 0.133. The Balaban J connectivity index is 2.15. The molecule has 98 valence electrons. The number of anilines is 1. The molecule has 2 aromatic carbocycles.